The molecule has 2 nitrogen and oxygen atoms in total. The first-order valence-corrected chi connectivity index (χ1v) is 5.93. The smallest absolute Gasteiger partial charge is 0.209 e. The number of rotatable bonds is 2. The molecule has 3 rings (SSSR count). The molecule has 0 aliphatic rings. The molecule has 0 fully saturated rings. The van der Waals surface area contributed by atoms with Crippen LogP contribution in [-0.2, 0) is 0 Å². The van der Waals surface area contributed by atoms with Crippen molar-refractivity contribution < 1.29 is 4.79 Å². The molecule has 0 N–H and O–H groups in total. The number of benzene rings is 1. The van der Waals surface area contributed by atoms with Crippen molar-refractivity contribution in [2.75, 3.05) is 0 Å². The number of hydrogen-bond acceptors (Lipinski definition) is 1. The molecule has 0 aliphatic carbocycles. The van der Waals surface area contributed by atoms with Crippen molar-refractivity contribution in [3.05, 3.63) is 77.6 Å². The Hall–Kier alpha value is -2.35. The number of carbonyl (C=O) groups excluding carboxylic acids is 1. The van der Waals surface area contributed by atoms with Gasteiger partial charge in [-0.1, -0.05) is 30.3 Å². The number of ketones is 1. The summed E-state index contributed by atoms with van der Waals surface area (Å²) in [6.07, 6.45) is 1.95. The van der Waals surface area contributed by atoms with E-state index in [2.05, 4.69) is 6.07 Å². The van der Waals surface area contributed by atoms with Crippen LogP contribution in [0.1, 0.15) is 21.6 Å². The first-order chi connectivity index (χ1) is 8.75. The van der Waals surface area contributed by atoms with Crippen molar-refractivity contribution >= 4 is 11.3 Å². The number of hydrogen-bond donors (Lipinski definition) is 0. The summed E-state index contributed by atoms with van der Waals surface area (Å²) in [5.41, 5.74) is 3.67. The lowest BCUT2D eigenvalue weighted by molar-refractivity contribution is 0.103. The largest absolute Gasteiger partial charge is 0.314 e. The first-order valence-electron chi connectivity index (χ1n) is 5.93. The molecular formula is C16H13NO. The SMILES string of the molecule is Cc1ccn2c(C(=O)c3ccccc3)ccc2c1. The molecule has 0 unspecified atom stereocenters. The van der Waals surface area contributed by atoms with Gasteiger partial charge in [-0.05, 0) is 36.8 Å². The Kier molecular flexibility index (Phi) is 2.49. The predicted octanol–water partition coefficient (Wildman–Crippen LogP) is 3.48. The number of nitrogens with zero attached hydrogens (tertiary/aromatic N) is 1. The van der Waals surface area contributed by atoms with Gasteiger partial charge in [0.15, 0.2) is 0 Å². The summed E-state index contributed by atoms with van der Waals surface area (Å²) >= 11 is 0. The zero-order valence-corrected chi connectivity index (χ0v) is 10.1. The maximum absolute atomic E-state index is 12.4. The number of aryl methyl sites for hydroxylation is 1. The maximum atomic E-state index is 12.4. The van der Waals surface area contributed by atoms with Gasteiger partial charge in [0.25, 0.3) is 0 Å². The minimum Gasteiger partial charge on any atom is -0.314 e. The second-order valence-electron chi connectivity index (χ2n) is 4.41. The topological polar surface area (TPSA) is 21.5 Å². The van der Waals surface area contributed by atoms with Crippen LogP contribution in [0.5, 0.6) is 0 Å². The van der Waals surface area contributed by atoms with E-state index < -0.39 is 0 Å². The summed E-state index contributed by atoms with van der Waals surface area (Å²) < 4.78 is 1.93. The Labute approximate surface area is 105 Å². The molecule has 18 heavy (non-hydrogen) atoms. The Bertz CT molecular complexity index is 710. The van der Waals surface area contributed by atoms with Crippen LogP contribution in [0.3, 0.4) is 0 Å². The third kappa shape index (κ3) is 1.72. The van der Waals surface area contributed by atoms with Crippen LogP contribution < -0.4 is 0 Å². The molecule has 2 heteroatoms. The van der Waals surface area contributed by atoms with E-state index in [4.69, 9.17) is 0 Å². The Morgan fingerprint density at radius 1 is 1.00 bits per heavy atom. The van der Waals surface area contributed by atoms with Crippen LogP contribution in [0.15, 0.2) is 60.8 Å². The molecule has 0 amide bonds. The van der Waals surface area contributed by atoms with Crippen LogP contribution in [0.4, 0.5) is 0 Å². The zero-order chi connectivity index (χ0) is 12.5. The fourth-order valence-electron chi connectivity index (χ4n) is 2.14. The van der Waals surface area contributed by atoms with E-state index >= 15 is 0 Å². The lowest BCUT2D eigenvalue weighted by Crippen LogP contribution is -2.04. The van der Waals surface area contributed by atoms with Crippen LogP contribution in [0.2, 0.25) is 0 Å². The summed E-state index contributed by atoms with van der Waals surface area (Å²) in [5.74, 6) is 0.0550. The molecule has 0 saturated heterocycles. The van der Waals surface area contributed by atoms with Gasteiger partial charge in [-0.25, -0.2) is 0 Å². The molecule has 88 valence electrons. The van der Waals surface area contributed by atoms with E-state index in [0.717, 1.165) is 11.1 Å². The van der Waals surface area contributed by atoms with E-state index in [1.54, 1.807) is 0 Å². The van der Waals surface area contributed by atoms with Crippen LogP contribution in [-0.4, -0.2) is 10.2 Å². The number of carbonyl (C=O) groups is 1. The van der Waals surface area contributed by atoms with Gasteiger partial charge in [-0.2, -0.15) is 0 Å². The molecule has 3 aromatic rings. The molecule has 0 radical (unpaired) electrons. The summed E-state index contributed by atoms with van der Waals surface area (Å²) in [5, 5.41) is 0. The van der Waals surface area contributed by atoms with Gasteiger partial charge >= 0.3 is 0 Å². The van der Waals surface area contributed by atoms with Crippen molar-refractivity contribution in [1.29, 1.82) is 0 Å². The molecule has 0 bridgehead atoms. The number of fused-ring (bicyclic) bond motifs is 1. The fraction of sp³-hybridized carbons (Fsp3) is 0.0625. The predicted molar refractivity (Wildman–Crippen MR) is 72.0 cm³/mol. The standard InChI is InChI=1S/C16H13NO/c1-12-9-10-17-14(11-12)7-8-15(17)16(18)13-5-3-2-4-6-13/h2-11H,1H3. The van der Waals surface area contributed by atoms with Crippen LogP contribution >= 0.6 is 0 Å². The van der Waals surface area contributed by atoms with Crippen molar-refractivity contribution in [2.24, 2.45) is 0 Å². The molecule has 0 spiro atoms. The van der Waals surface area contributed by atoms with Gasteiger partial charge < -0.3 is 4.40 Å². The second kappa shape index (κ2) is 4.15. The molecule has 2 heterocycles. The summed E-state index contributed by atoms with van der Waals surface area (Å²) in [4.78, 5) is 12.4. The second-order valence-corrected chi connectivity index (χ2v) is 4.41. The van der Waals surface area contributed by atoms with Crippen molar-refractivity contribution in [2.45, 2.75) is 6.92 Å². The third-order valence-electron chi connectivity index (χ3n) is 3.08. The lowest BCUT2D eigenvalue weighted by Gasteiger charge is -2.03. The van der Waals surface area contributed by atoms with Gasteiger partial charge in [-0.15, -0.1) is 0 Å². The quantitative estimate of drug-likeness (QED) is 0.623. The van der Waals surface area contributed by atoms with Crippen molar-refractivity contribution in [3.63, 3.8) is 0 Å². The molecule has 0 aliphatic heterocycles. The number of aromatic nitrogens is 1. The molecule has 1 aromatic carbocycles. The van der Waals surface area contributed by atoms with Crippen LogP contribution in [0.25, 0.3) is 5.52 Å². The van der Waals surface area contributed by atoms with Gasteiger partial charge in [0.1, 0.15) is 0 Å². The monoisotopic (exact) mass is 235 g/mol. The average molecular weight is 235 g/mol. The molecule has 2 aromatic heterocycles. The van der Waals surface area contributed by atoms with Gasteiger partial charge in [-0.3, -0.25) is 4.79 Å². The normalized spacial score (nSPS) is 10.7. The molecule has 0 atom stereocenters. The van der Waals surface area contributed by atoms with Crippen LogP contribution in [0, 0.1) is 6.92 Å². The Morgan fingerprint density at radius 3 is 2.56 bits per heavy atom. The zero-order valence-electron chi connectivity index (χ0n) is 10.1. The highest BCUT2D eigenvalue weighted by Crippen LogP contribution is 2.15. The highest BCUT2D eigenvalue weighted by Gasteiger charge is 2.12. The van der Waals surface area contributed by atoms with Crippen molar-refractivity contribution in [1.82, 2.24) is 4.40 Å². The van der Waals surface area contributed by atoms with Gasteiger partial charge in [0.2, 0.25) is 5.78 Å². The van der Waals surface area contributed by atoms with E-state index in [9.17, 15) is 4.79 Å². The molecular weight excluding hydrogens is 222 g/mol. The highest BCUT2D eigenvalue weighted by atomic mass is 16.1. The third-order valence-corrected chi connectivity index (χ3v) is 3.08. The fourth-order valence-corrected chi connectivity index (χ4v) is 2.14. The summed E-state index contributed by atoms with van der Waals surface area (Å²) in [6, 6.07) is 17.3. The highest BCUT2D eigenvalue weighted by molar-refractivity contribution is 6.08. The summed E-state index contributed by atoms with van der Waals surface area (Å²) in [7, 11) is 0. The van der Waals surface area contributed by atoms with Gasteiger partial charge in [0.05, 0.1) is 5.69 Å². The van der Waals surface area contributed by atoms with Crippen molar-refractivity contribution in [3.8, 4) is 0 Å². The summed E-state index contributed by atoms with van der Waals surface area (Å²) in [6.45, 7) is 2.05. The number of pyridine rings is 1. The maximum Gasteiger partial charge on any atom is 0.209 e. The minimum absolute atomic E-state index is 0.0550. The first kappa shape index (κ1) is 10.8. The Morgan fingerprint density at radius 2 is 1.78 bits per heavy atom. The Balaban J connectivity index is 2.13. The van der Waals surface area contributed by atoms with E-state index in [-0.39, 0.29) is 5.78 Å². The molecule has 0 saturated carbocycles. The van der Waals surface area contributed by atoms with E-state index in [1.165, 1.54) is 5.56 Å². The van der Waals surface area contributed by atoms with Gasteiger partial charge in [0, 0.05) is 17.3 Å². The van der Waals surface area contributed by atoms with E-state index in [1.807, 2.05) is 66.1 Å². The van der Waals surface area contributed by atoms with E-state index in [0.29, 0.717) is 5.69 Å². The average Bonchev–Trinajstić information content (AvgIpc) is 2.81. The lowest BCUT2D eigenvalue weighted by atomic mass is 10.1. The minimum atomic E-state index is 0.0550.